The van der Waals surface area contributed by atoms with Gasteiger partial charge in [0.25, 0.3) is 5.91 Å². The van der Waals surface area contributed by atoms with Crippen molar-refractivity contribution < 1.29 is 9.21 Å². The van der Waals surface area contributed by atoms with Crippen LogP contribution in [0.25, 0.3) is 21.4 Å². The number of hydrogen-bond donors (Lipinski definition) is 1. The molecule has 1 amide bonds. The summed E-state index contributed by atoms with van der Waals surface area (Å²) < 4.78 is 5.33. The molecule has 0 saturated heterocycles. The molecule has 0 atom stereocenters. The van der Waals surface area contributed by atoms with E-state index in [2.05, 4.69) is 34.1 Å². The van der Waals surface area contributed by atoms with Crippen molar-refractivity contribution in [1.82, 2.24) is 5.32 Å². The molecule has 0 fully saturated rings. The van der Waals surface area contributed by atoms with Crippen LogP contribution >= 0.6 is 0 Å². The molecule has 1 heterocycles. The molecule has 0 radical (unpaired) electrons. The van der Waals surface area contributed by atoms with Gasteiger partial charge in [0.05, 0.1) is 0 Å². The molecular formula is C17H21N5O3. The Hall–Kier alpha value is -2.99. The van der Waals surface area contributed by atoms with E-state index in [0.717, 1.165) is 18.8 Å². The van der Waals surface area contributed by atoms with Crippen LogP contribution in [0, 0.1) is 0 Å². The minimum Gasteiger partial charge on any atom is -0.422 e. The Morgan fingerprint density at radius 1 is 1.32 bits per heavy atom. The van der Waals surface area contributed by atoms with Gasteiger partial charge in [0, 0.05) is 48.2 Å². The number of rotatable bonds is 8. The van der Waals surface area contributed by atoms with Crippen LogP contribution in [0.2, 0.25) is 0 Å². The molecule has 0 saturated carbocycles. The molecule has 1 N–H and O–H groups in total. The van der Waals surface area contributed by atoms with Gasteiger partial charge in [-0.2, -0.15) is 0 Å². The average Bonchev–Trinajstić information content (AvgIpc) is 2.61. The molecule has 132 valence electrons. The molecule has 0 spiro atoms. The summed E-state index contributed by atoms with van der Waals surface area (Å²) in [5, 5.41) is 6.69. The van der Waals surface area contributed by atoms with Gasteiger partial charge >= 0.3 is 5.63 Å². The van der Waals surface area contributed by atoms with Crippen LogP contribution < -0.4 is 15.8 Å². The molecule has 0 bridgehead atoms. The van der Waals surface area contributed by atoms with E-state index in [0.29, 0.717) is 23.9 Å². The molecule has 2 aromatic rings. The lowest BCUT2D eigenvalue weighted by molar-refractivity contribution is 0.0950. The predicted octanol–water partition coefficient (Wildman–Crippen LogP) is 3.07. The van der Waals surface area contributed by atoms with Crippen molar-refractivity contribution in [2.24, 2.45) is 5.11 Å². The first-order valence-corrected chi connectivity index (χ1v) is 8.22. The van der Waals surface area contributed by atoms with E-state index in [1.807, 2.05) is 18.2 Å². The van der Waals surface area contributed by atoms with Crippen LogP contribution in [0.1, 0.15) is 30.6 Å². The van der Waals surface area contributed by atoms with Gasteiger partial charge in [-0.25, -0.2) is 4.79 Å². The van der Waals surface area contributed by atoms with Crippen LogP contribution in [0.5, 0.6) is 0 Å². The molecule has 25 heavy (non-hydrogen) atoms. The summed E-state index contributed by atoms with van der Waals surface area (Å²) in [6.07, 6.45) is 0.502. The first-order valence-electron chi connectivity index (χ1n) is 8.22. The van der Waals surface area contributed by atoms with Gasteiger partial charge in [0.2, 0.25) is 0 Å². The Bertz CT molecular complexity index is 851. The number of carbonyl (C=O) groups is 1. The van der Waals surface area contributed by atoms with Crippen molar-refractivity contribution >= 4 is 22.6 Å². The standard InChI is InChI=1S/C17H21N5O3/c1-3-22(4-2)13-7-6-12-10-14(17(24)25-15(12)11-13)16(23)19-8-5-9-20-21-18/h6-7,10-11H,3-5,8-9H2,1-2H3,(H,19,23). The molecule has 0 aliphatic rings. The monoisotopic (exact) mass is 343 g/mol. The van der Waals surface area contributed by atoms with E-state index in [1.165, 1.54) is 6.07 Å². The van der Waals surface area contributed by atoms with Crippen molar-refractivity contribution in [2.45, 2.75) is 20.3 Å². The lowest BCUT2D eigenvalue weighted by Gasteiger charge is -2.20. The van der Waals surface area contributed by atoms with Crippen molar-refractivity contribution in [3.8, 4) is 0 Å². The minimum absolute atomic E-state index is 0.0353. The van der Waals surface area contributed by atoms with Gasteiger partial charge in [0.15, 0.2) is 0 Å². The third kappa shape index (κ3) is 4.51. The summed E-state index contributed by atoms with van der Waals surface area (Å²) in [4.78, 5) is 29.0. The van der Waals surface area contributed by atoms with E-state index in [-0.39, 0.29) is 12.1 Å². The molecule has 1 aromatic heterocycles. The number of azide groups is 1. The smallest absolute Gasteiger partial charge is 0.349 e. The molecule has 1 aromatic carbocycles. The predicted molar refractivity (Wildman–Crippen MR) is 97.0 cm³/mol. The topological polar surface area (TPSA) is 111 Å². The zero-order valence-electron chi connectivity index (χ0n) is 14.4. The van der Waals surface area contributed by atoms with Gasteiger partial charge in [-0.1, -0.05) is 5.11 Å². The summed E-state index contributed by atoms with van der Waals surface area (Å²) in [5.74, 6) is -0.496. The van der Waals surface area contributed by atoms with Crippen molar-refractivity contribution in [3.05, 3.63) is 50.7 Å². The number of carbonyl (C=O) groups excluding carboxylic acids is 1. The van der Waals surface area contributed by atoms with Crippen molar-refractivity contribution in [2.75, 3.05) is 31.1 Å². The molecule has 0 aliphatic heterocycles. The number of hydrogen-bond acceptors (Lipinski definition) is 5. The van der Waals surface area contributed by atoms with E-state index >= 15 is 0 Å². The molecule has 8 nitrogen and oxygen atoms in total. The molecule has 0 aliphatic carbocycles. The Balaban J connectivity index is 2.21. The minimum atomic E-state index is -0.670. The Morgan fingerprint density at radius 3 is 2.76 bits per heavy atom. The summed E-state index contributed by atoms with van der Waals surface area (Å²) in [5.41, 5.74) is 8.91. The Morgan fingerprint density at radius 2 is 2.08 bits per heavy atom. The average molecular weight is 343 g/mol. The fraction of sp³-hybridized carbons (Fsp3) is 0.412. The number of benzene rings is 1. The number of amides is 1. The first kappa shape index (κ1) is 18.4. The summed E-state index contributed by atoms with van der Waals surface area (Å²) in [6.45, 7) is 6.41. The van der Waals surface area contributed by atoms with Crippen LogP contribution in [0.3, 0.4) is 0 Å². The van der Waals surface area contributed by atoms with Gasteiger partial charge in [-0.15, -0.1) is 0 Å². The zero-order chi connectivity index (χ0) is 18.2. The highest BCUT2D eigenvalue weighted by Gasteiger charge is 2.14. The first-order chi connectivity index (χ1) is 12.1. The highest BCUT2D eigenvalue weighted by Crippen LogP contribution is 2.21. The van der Waals surface area contributed by atoms with Crippen LogP contribution in [-0.2, 0) is 0 Å². The maximum Gasteiger partial charge on any atom is 0.349 e. The number of anilines is 1. The second kappa shape index (κ2) is 8.75. The van der Waals surface area contributed by atoms with E-state index < -0.39 is 11.5 Å². The third-order valence-electron chi connectivity index (χ3n) is 3.88. The lowest BCUT2D eigenvalue weighted by atomic mass is 10.1. The van der Waals surface area contributed by atoms with E-state index in [1.54, 1.807) is 0 Å². The summed E-state index contributed by atoms with van der Waals surface area (Å²) >= 11 is 0. The van der Waals surface area contributed by atoms with Crippen LogP contribution in [0.4, 0.5) is 5.69 Å². The fourth-order valence-corrected chi connectivity index (χ4v) is 2.54. The zero-order valence-corrected chi connectivity index (χ0v) is 14.4. The van der Waals surface area contributed by atoms with E-state index in [4.69, 9.17) is 9.95 Å². The normalized spacial score (nSPS) is 10.3. The highest BCUT2D eigenvalue weighted by atomic mass is 16.4. The summed E-state index contributed by atoms with van der Waals surface area (Å²) in [7, 11) is 0. The Labute approximate surface area is 145 Å². The molecule has 0 unspecified atom stereocenters. The molecular weight excluding hydrogens is 322 g/mol. The highest BCUT2D eigenvalue weighted by molar-refractivity contribution is 5.96. The maximum atomic E-state index is 12.1. The quantitative estimate of drug-likeness (QED) is 0.261. The number of nitrogens with one attached hydrogen (secondary N) is 1. The summed E-state index contributed by atoms with van der Waals surface area (Å²) in [6, 6.07) is 7.13. The second-order valence-electron chi connectivity index (χ2n) is 5.41. The third-order valence-corrected chi connectivity index (χ3v) is 3.88. The fourth-order valence-electron chi connectivity index (χ4n) is 2.54. The maximum absolute atomic E-state index is 12.1. The second-order valence-corrected chi connectivity index (χ2v) is 5.41. The SMILES string of the molecule is CCN(CC)c1ccc2cc(C(=O)NCCCN=[N+]=[N-])c(=O)oc2c1. The van der Waals surface area contributed by atoms with Crippen molar-refractivity contribution in [1.29, 1.82) is 0 Å². The van der Waals surface area contributed by atoms with Crippen molar-refractivity contribution in [3.63, 3.8) is 0 Å². The van der Waals surface area contributed by atoms with Gasteiger partial charge < -0.3 is 14.6 Å². The van der Waals surface area contributed by atoms with E-state index in [9.17, 15) is 9.59 Å². The number of nitrogens with zero attached hydrogens (tertiary/aromatic N) is 4. The van der Waals surface area contributed by atoms with Gasteiger partial charge in [-0.3, -0.25) is 4.79 Å². The van der Waals surface area contributed by atoms with Gasteiger partial charge in [-0.05, 0) is 44.0 Å². The Kier molecular flexibility index (Phi) is 6.42. The molecule has 2 rings (SSSR count). The lowest BCUT2D eigenvalue weighted by Crippen LogP contribution is -2.29. The van der Waals surface area contributed by atoms with Crippen LogP contribution in [0.15, 0.2) is 38.6 Å². The molecule has 8 heteroatoms. The van der Waals surface area contributed by atoms with Gasteiger partial charge in [0.1, 0.15) is 11.1 Å². The number of fused-ring (bicyclic) bond motifs is 1. The van der Waals surface area contributed by atoms with Crippen LogP contribution in [-0.4, -0.2) is 32.1 Å². The largest absolute Gasteiger partial charge is 0.422 e.